The van der Waals surface area contributed by atoms with Crippen LogP contribution in [-0.4, -0.2) is 30.4 Å². The van der Waals surface area contributed by atoms with E-state index in [0.717, 1.165) is 29.8 Å². The molecule has 2 aliphatic carbocycles. The fourth-order valence-electron chi connectivity index (χ4n) is 5.95. The Hall–Kier alpha value is -3.75. The minimum atomic E-state index is -0.663. The average molecular weight is 446 g/mol. The number of halogens is 2. The van der Waals surface area contributed by atoms with E-state index in [0.29, 0.717) is 11.5 Å². The summed E-state index contributed by atoms with van der Waals surface area (Å²) in [6, 6.07) is 11.2. The molecule has 2 N–H and O–H groups in total. The Morgan fingerprint density at radius 1 is 1.03 bits per heavy atom. The molecule has 0 saturated heterocycles. The third-order valence-corrected chi connectivity index (χ3v) is 7.53. The van der Waals surface area contributed by atoms with Crippen LogP contribution in [0, 0.1) is 17.0 Å². The van der Waals surface area contributed by atoms with Crippen molar-refractivity contribution in [2.45, 2.75) is 38.0 Å². The van der Waals surface area contributed by atoms with E-state index >= 15 is 0 Å². The monoisotopic (exact) mass is 446 g/mol. The molecule has 2 bridgehead atoms. The van der Waals surface area contributed by atoms with Gasteiger partial charge in [0.1, 0.15) is 17.3 Å². The van der Waals surface area contributed by atoms with E-state index in [9.17, 15) is 13.6 Å². The molecule has 1 saturated carbocycles. The van der Waals surface area contributed by atoms with Crippen molar-refractivity contribution in [2.75, 3.05) is 0 Å². The van der Waals surface area contributed by atoms with Crippen LogP contribution in [0.4, 0.5) is 8.78 Å². The van der Waals surface area contributed by atoms with Crippen LogP contribution < -0.4 is 5.69 Å². The standard InChI is InChI=1S/C24H20F2N6O/c1-23(2)13-9-10-24(23,18-8-4-7-16(27-18)21-28-22(33)32-31-21)20-12(13)11-17(29-30-20)19-14(25)5-3-6-15(19)26/h3-8,11,13H,9-10H2,1-2H3,(H2,28,31,32,33)/t13-,24+/m0/s1. The lowest BCUT2D eigenvalue weighted by atomic mass is 9.66. The van der Waals surface area contributed by atoms with Crippen molar-refractivity contribution in [3.63, 3.8) is 0 Å². The maximum Gasteiger partial charge on any atom is 0.340 e. The predicted molar refractivity (Wildman–Crippen MR) is 116 cm³/mol. The van der Waals surface area contributed by atoms with E-state index in [2.05, 4.69) is 39.2 Å². The Morgan fingerprint density at radius 2 is 1.79 bits per heavy atom. The zero-order valence-electron chi connectivity index (χ0n) is 18.0. The lowest BCUT2D eigenvalue weighted by molar-refractivity contribution is 0.243. The van der Waals surface area contributed by atoms with Gasteiger partial charge in [-0.2, -0.15) is 10.2 Å². The van der Waals surface area contributed by atoms with Gasteiger partial charge in [0, 0.05) is 0 Å². The van der Waals surface area contributed by atoms with Gasteiger partial charge in [-0.3, -0.25) is 4.98 Å². The largest absolute Gasteiger partial charge is 0.340 e. The Balaban J connectivity index is 1.53. The number of fused-ring (bicyclic) bond motifs is 5. The molecule has 2 aliphatic rings. The van der Waals surface area contributed by atoms with Gasteiger partial charge in [0.2, 0.25) is 0 Å². The summed E-state index contributed by atoms with van der Waals surface area (Å²) >= 11 is 0. The second-order valence-corrected chi connectivity index (χ2v) is 9.28. The van der Waals surface area contributed by atoms with Gasteiger partial charge in [0.25, 0.3) is 0 Å². The van der Waals surface area contributed by atoms with Gasteiger partial charge in [0.05, 0.1) is 28.1 Å². The molecule has 9 heteroatoms. The van der Waals surface area contributed by atoms with Gasteiger partial charge < -0.3 is 0 Å². The summed E-state index contributed by atoms with van der Waals surface area (Å²) < 4.78 is 28.8. The number of aromatic nitrogens is 6. The second-order valence-electron chi connectivity index (χ2n) is 9.28. The number of hydrogen-bond acceptors (Lipinski definition) is 5. The van der Waals surface area contributed by atoms with Crippen LogP contribution in [0.2, 0.25) is 0 Å². The van der Waals surface area contributed by atoms with E-state index in [1.165, 1.54) is 18.2 Å². The van der Waals surface area contributed by atoms with Crippen LogP contribution in [0.5, 0.6) is 0 Å². The zero-order valence-corrected chi connectivity index (χ0v) is 18.0. The molecule has 1 aromatic carbocycles. The number of pyridine rings is 1. The molecule has 0 spiro atoms. The number of H-pyrrole nitrogens is 2. The van der Waals surface area contributed by atoms with Gasteiger partial charge in [-0.1, -0.05) is 26.0 Å². The van der Waals surface area contributed by atoms with Crippen molar-refractivity contribution in [3.05, 3.63) is 81.5 Å². The molecule has 0 aliphatic heterocycles. The zero-order chi connectivity index (χ0) is 23.0. The summed E-state index contributed by atoms with van der Waals surface area (Å²) in [6.45, 7) is 4.36. The Bertz CT molecular complexity index is 1460. The van der Waals surface area contributed by atoms with E-state index in [1.807, 2.05) is 12.1 Å². The topological polar surface area (TPSA) is 100 Å². The van der Waals surface area contributed by atoms with Gasteiger partial charge in [-0.15, -0.1) is 5.10 Å². The molecule has 1 fully saturated rings. The average Bonchev–Trinajstić information content (AvgIpc) is 3.40. The van der Waals surface area contributed by atoms with E-state index < -0.39 is 22.7 Å². The molecule has 0 unspecified atom stereocenters. The second kappa shape index (κ2) is 6.63. The molecule has 3 aromatic heterocycles. The van der Waals surface area contributed by atoms with Gasteiger partial charge in [0.15, 0.2) is 5.82 Å². The molecule has 33 heavy (non-hydrogen) atoms. The van der Waals surface area contributed by atoms with Crippen molar-refractivity contribution in [1.29, 1.82) is 0 Å². The quantitative estimate of drug-likeness (QED) is 0.494. The predicted octanol–water partition coefficient (Wildman–Crippen LogP) is 4.10. The molecule has 3 heterocycles. The first-order valence-corrected chi connectivity index (χ1v) is 10.8. The molecule has 4 aromatic rings. The minimum absolute atomic E-state index is 0.146. The Kier molecular flexibility index (Phi) is 4.00. The van der Waals surface area contributed by atoms with E-state index in [4.69, 9.17) is 4.98 Å². The van der Waals surface area contributed by atoms with Crippen molar-refractivity contribution in [3.8, 4) is 22.8 Å². The molecule has 6 rings (SSSR count). The Morgan fingerprint density at radius 3 is 2.52 bits per heavy atom. The van der Waals surface area contributed by atoms with Crippen molar-refractivity contribution >= 4 is 0 Å². The van der Waals surface area contributed by atoms with Crippen LogP contribution in [0.25, 0.3) is 22.8 Å². The summed E-state index contributed by atoms with van der Waals surface area (Å²) in [4.78, 5) is 19.0. The van der Waals surface area contributed by atoms with Gasteiger partial charge in [-0.05, 0) is 60.1 Å². The normalized spacial score (nSPS) is 22.5. The highest BCUT2D eigenvalue weighted by Gasteiger charge is 2.65. The fourth-order valence-corrected chi connectivity index (χ4v) is 5.95. The third-order valence-electron chi connectivity index (χ3n) is 7.53. The van der Waals surface area contributed by atoms with Crippen molar-refractivity contribution in [2.24, 2.45) is 5.41 Å². The summed E-state index contributed by atoms with van der Waals surface area (Å²) in [7, 11) is 0. The molecule has 2 atom stereocenters. The number of hydrogen-bond donors (Lipinski definition) is 2. The smallest absolute Gasteiger partial charge is 0.288 e. The lowest BCUT2D eigenvalue weighted by Gasteiger charge is -2.37. The summed E-state index contributed by atoms with van der Waals surface area (Å²) in [5.74, 6) is -0.819. The molecular weight excluding hydrogens is 426 g/mol. The highest BCUT2D eigenvalue weighted by Crippen LogP contribution is 2.69. The highest BCUT2D eigenvalue weighted by atomic mass is 19.1. The van der Waals surface area contributed by atoms with Gasteiger partial charge in [-0.25, -0.2) is 23.7 Å². The first-order valence-electron chi connectivity index (χ1n) is 10.8. The maximum absolute atomic E-state index is 14.4. The maximum atomic E-state index is 14.4. The summed E-state index contributed by atoms with van der Waals surface area (Å²) in [5.41, 5.74) is 1.98. The van der Waals surface area contributed by atoms with Crippen LogP contribution in [-0.2, 0) is 5.41 Å². The van der Waals surface area contributed by atoms with Crippen LogP contribution in [0.3, 0.4) is 0 Å². The van der Waals surface area contributed by atoms with Crippen molar-refractivity contribution < 1.29 is 8.78 Å². The molecule has 7 nitrogen and oxygen atoms in total. The highest BCUT2D eigenvalue weighted by molar-refractivity contribution is 5.64. The number of rotatable bonds is 3. The van der Waals surface area contributed by atoms with Crippen molar-refractivity contribution in [1.82, 2.24) is 30.4 Å². The Labute approximate surface area is 187 Å². The van der Waals surface area contributed by atoms with Crippen LogP contribution in [0.1, 0.15) is 49.6 Å². The number of nitrogens with zero attached hydrogens (tertiary/aromatic N) is 4. The summed E-state index contributed by atoms with van der Waals surface area (Å²) in [6.07, 6.45) is 1.73. The first-order chi connectivity index (χ1) is 15.8. The SMILES string of the molecule is CC1(C)[C@H]2CC[C@@]1(c1cccc(-c3n[nH]c(=O)[nH]3)n1)c1nnc(-c3c(F)cccc3F)cc12. The minimum Gasteiger partial charge on any atom is -0.288 e. The molecule has 0 radical (unpaired) electrons. The van der Waals surface area contributed by atoms with E-state index in [-0.39, 0.29) is 22.6 Å². The molecule has 166 valence electrons. The van der Waals surface area contributed by atoms with Crippen LogP contribution in [0.15, 0.2) is 47.3 Å². The number of aromatic amines is 2. The van der Waals surface area contributed by atoms with Crippen LogP contribution >= 0.6 is 0 Å². The summed E-state index contributed by atoms with van der Waals surface area (Å²) in [5, 5.41) is 15.2. The van der Waals surface area contributed by atoms with E-state index in [1.54, 1.807) is 12.1 Å². The molecular formula is C24H20F2N6O. The first kappa shape index (κ1) is 19.9. The van der Waals surface area contributed by atoms with Gasteiger partial charge >= 0.3 is 5.69 Å². The number of benzene rings is 1. The molecule has 0 amide bonds. The fraction of sp³-hybridized carbons (Fsp3) is 0.292. The third kappa shape index (κ3) is 2.56. The number of nitrogens with one attached hydrogen (secondary N) is 2. The lowest BCUT2D eigenvalue weighted by Crippen LogP contribution is -2.37.